The first-order chi connectivity index (χ1) is 13.9. The third kappa shape index (κ3) is 2.69. The van der Waals surface area contributed by atoms with Gasteiger partial charge >= 0.3 is 0 Å². The highest BCUT2D eigenvalue weighted by Crippen LogP contribution is 2.42. The standard InChI is InChI=1S/C22H15FN2O3S/c1-11-3-8-16-15(9-11)19(26)17-18(13-4-6-14(23)7-5-13)25(21(27)20(17)28-16)22-24-12(2)10-29-22/h3-10,18H,1-2H3. The Bertz CT molecular complexity index is 1340. The van der Waals surface area contributed by atoms with E-state index in [1.54, 1.807) is 24.3 Å². The Morgan fingerprint density at radius 2 is 1.86 bits per heavy atom. The first-order valence-electron chi connectivity index (χ1n) is 9.02. The zero-order valence-corrected chi connectivity index (χ0v) is 16.4. The molecule has 0 saturated carbocycles. The summed E-state index contributed by atoms with van der Waals surface area (Å²) in [5, 5.41) is 2.72. The molecule has 3 heterocycles. The number of anilines is 1. The molecule has 0 bridgehead atoms. The van der Waals surface area contributed by atoms with E-state index in [0.717, 1.165) is 11.3 Å². The monoisotopic (exact) mass is 406 g/mol. The number of rotatable bonds is 2. The number of aromatic nitrogens is 1. The van der Waals surface area contributed by atoms with E-state index in [2.05, 4.69) is 4.98 Å². The summed E-state index contributed by atoms with van der Waals surface area (Å²) < 4.78 is 19.4. The highest BCUT2D eigenvalue weighted by atomic mass is 32.1. The zero-order chi connectivity index (χ0) is 20.3. The summed E-state index contributed by atoms with van der Waals surface area (Å²) in [4.78, 5) is 32.6. The number of amides is 1. The average molecular weight is 406 g/mol. The van der Waals surface area contributed by atoms with Crippen LogP contribution in [0.4, 0.5) is 9.52 Å². The van der Waals surface area contributed by atoms with Crippen LogP contribution in [0.15, 0.2) is 57.1 Å². The number of carbonyl (C=O) groups is 1. The molecule has 1 aliphatic heterocycles. The molecule has 1 unspecified atom stereocenters. The molecule has 4 aromatic rings. The van der Waals surface area contributed by atoms with Gasteiger partial charge in [-0.3, -0.25) is 14.5 Å². The molecule has 2 aromatic carbocycles. The van der Waals surface area contributed by atoms with E-state index in [1.807, 2.05) is 25.3 Å². The fourth-order valence-electron chi connectivity index (χ4n) is 3.70. The lowest BCUT2D eigenvalue weighted by atomic mass is 9.98. The smallest absolute Gasteiger partial charge is 0.297 e. The maximum absolute atomic E-state index is 13.5. The van der Waals surface area contributed by atoms with Crippen LogP contribution in [-0.4, -0.2) is 10.9 Å². The van der Waals surface area contributed by atoms with Crippen molar-refractivity contribution in [3.8, 4) is 0 Å². The second kappa shape index (κ2) is 6.35. The highest BCUT2D eigenvalue weighted by Gasteiger charge is 2.44. The van der Waals surface area contributed by atoms with Gasteiger partial charge in [0.15, 0.2) is 10.6 Å². The highest BCUT2D eigenvalue weighted by molar-refractivity contribution is 7.14. The number of nitrogens with zero attached hydrogens (tertiary/aromatic N) is 2. The van der Waals surface area contributed by atoms with Gasteiger partial charge in [0.2, 0.25) is 5.76 Å². The maximum Gasteiger partial charge on any atom is 0.297 e. The molecule has 0 spiro atoms. The van der Waals surface area contributed by atoms with Gasteiger partial charge in [0.05, 0.1) is 22.7 Å². The molecule has 0 N–H and O–H groups in total. The van der Waals surface area contributed by atoms with Gasteiger partial charge in [-0.1, -0.05) is 23.8 Å². The summed E-state index contributed by atoms with van der Waals surface area (Å²) in [6.07, 6.45) is 0. The first kappa shape index (κ1) is 17.8. The summed E-state index contributed by atoms with van der Waals surface area (Å²) >= 11 is 1.31. The van der Waals surface area contributed by atoms with Gasteiger partial charge in [-0.25, -0.2) is 9.37 Å². The zero-order valence-electron chi connectivity index (χ0n) is 15.6. The Hall–Kier alpha value is -3.32. The van der Waals surface area contributed by atoms with Crippen molar-refractivity contribution in [3.05, 3.63) is 92.0 Å². The van der Waals surface area contributed by atoms with E-state index in [9.17, 15) is 14.0 Å². The number of benzene rings is 2. The molecule has 1 amide bonds. The summed E-state index contributed by atoms with van der Waals surface area (Å²) in [6, 6.07) is 10.3. The number of halogens is 1. The van der Waals surface area contributed by atoms with Crippen LogP contribution in [0, 0.1) is 19.7 Å². The number of thiazole rings is 1. The largest absolute Gasteiger partial charge is 0.450 e. The number of hydrogen-bond donors (Lipinski definition) is 0. The van der Waals surface area contributed by atoms with Crippen molar-refractivity contribution in [1.29, 1.82) is 0 Å². The van der Waals surface area contributed by atoms with Crippen molar-refractivity contribution in [2.45, 2.75) is 19.9 Å². The van der Waals surface area contributed by atoms with E-state index in [-0.39, 0.29) is 16.8 Å². The molecule has 2 aromatic heterocycles. The van der Waals surface area contributed by atoms with Crippen LogP contribution >= 0.6 is 11.3 Å². The molecular formula is C22H15FN2O3S. The Balaban J connectivity index is 1.83. The summed E-state index contributed by atoms with van der Waals surface area (Å²) in [5.41, 5.74) is 2.66. The number of aryl methyl sites for hydroxylation is 2. The second-order valence-electron chi connectivity index (χ2n) is 7.07. The van der Waals surface area contributed by atoms with Crippen molar-refractivity contribution in [1.82, 2.24) is 4.98 Å². The molecule has 5 nitrogen and oxygen atoms in total. The van der Waals surface area contributed by atoms with Crippen LogP contribution in [-0.2, 0) is 0 Å². The van der Waals surface area contributed by atoms with E-state index in [1.165, 1.54) is 28.4 Å². The van der Waals surface area contributed by atoms with Crippen LogP contribution < -0.4 is 10.3 Å². The van der Waals surface area contributed by atoms with E-state index < -0.39 is 17.8 Å². The summed E-state index contributed by atoms with van der Waals surface area (Å²) in [6.45, 7) is 3.72. The first-order valence-corrected chi connectivity index (χ1v) is 9.90. The maximum atomic E-state index is 13.5. The molecule has 0 radical (unpaired) electrons. The Morgan fingerprint density at radius 3 is 2.55 bits per heavy atom. The van der Waals surface area contributed by atoms with Gasteiger partial charge in [-0.15, -0.1) is 11.3 Å². The van der Waals surface area contributed by atoms with Crippen molar-refractivity contribution < 1.29 is 13.6 Å². The second-order valence-corrected chi connectivity index (χ2v) is 7.91. The van der Waals surface area contributed by atoms with Gasteiger partial charge in [0.1, 0.15) is 11.4 Å². The van der Waals surface area contributed by atoms with Crippen LogP contribution in [0.3, 0.4) is 0 Å². The quantitative estimate of drug-likeness (QED) is 0.482. The van der Waals surface area contributed by atoms with E-state index in [4.69, 9.17) is 4.42 Å². The normalized spacial score (nSPS) is 15.9. The van der Waals surface area contributed by atoms with Gasteiger partial charge in [0.25, 0.3) is 5.91 Å². The summed E-state index contributed by atoms with van der Waals surface area (Å²) in [5.74, 6) is -0.812. The molecule has 29 heavy (non-hydrogen) atoms. The Morgan fingerprint density at radius 1 is 1.10 bits per heavy atom. The van der Waals surface area contributed by atoms with Crippen LogP contribution in [0.5, 0.6) is 0 Å². The molecule has 0 aliphatic carbocycles. The number of hydrogen-bond acceptors (Lipinski definition) is 5. The van der Waals surface area contributed by atoms with Gasteiger partial charge in [-0.05, 0) is 43.7 Å². The van der Waals surface area contributed by atoms with Crippen molar-refractivity contribution in [2.24, 2.45) is 0 Å². The minimum Gasteiger partial charge on any atom is -0.450 e. The van der Waals surface area contributed by atoms with Crippen molar-refractivity contribution in [2.75, 3.05) is 4.90 Å². The van der Waals surface area contributed by atoms with E-state index in [0.29, 0.717) is 21.7 Å². The molecule has 5 rings (SSSR count). The fraction of sp³-hybridized carbons (Fsp3) is 0.136. The van der Waals surface area contributed by atoms with Gasteiger partial charge < -0.3 is 4.42 Å². The van der Waals surface area contributed by atoms with E-state index >= 15 is 0 Å². The van der Waals surface area contributed by atoms with Crippen LogP contribution in [0.2, 0.25) is 0 Å². The molecule has 0 saturated heterocycles. The molecule has 1 aliphatic rings. The molecule has 1 atom stereocenters. The predicted molar refractivity (Wildman–Crippen MR) is 109 cm³/mol. The number of fused-ring (bicyclic) bond motifs is 2. The predicted octanol–water partition coefficient (Wildman–Crippen LogP) is 4.76. The van der Waals surface area contributed by atoms with Crippen LogP contribution in [0.25, 0.3) is 11.0 Å². The van der Waals surface area contributed by atoms with Crippen LogP contribution in [0.1, 0.15) is 39.0 Å². The molecule has 0 fully saturated rings. The topological polar surface area (TPSA) is 63.4 Å². The lowest BCUT2D eigenvalue weighted by molar-refractivity contribution is 0.0971. The fourth-order valence-corrected chi connectivity index (χ4v) is 4.52. The minimum absolute atomic E-state index is 0.00790. The Kier molecular flexibility index (Phi) is 3.89. The average Bonchev–Trinajstić information content (AvgIpc) is 3.25. The third-order valence-electron chi connectivity index (χ3n) is 5.02. The SMILES string of the molecule is Cc1ccc2oc3c(c(=O)c2c1)C(c1ccc(F)cc1)N(c1nc(C)cs1)C3=O. The minimum atomic E-state index is -0.732. The van der Waals surface area contributed by atoms with Crippen molar-refractivity contribution >= 4 is 33.3 Å². The van der Waals surface area contributed by atoms with Gasteiger partial charge in [0, 0.05) is 5.38 Å². The number of carbonyl (C=O) groups excluding carboxylic acids is 1. The molecule has 144 valence electrons. The lowest BCUT2D eigenvalue weighted by Gasteiger charge is -2.22. The van der Waals surface area contributed by atoms with Gasteiger partial charge in [-0.2, -0.15) is 0 Å². The molecule has 7 heteroatoms. The third-order valence-corrected chi connectivity index (χ3v) is 5.98. The lowest BCUT2D eigenvalue weighted by Crippen LogP contribution is -2.29. The summed E-state index contributed by atoms with van der Waals surface area (Å²) in [7, 11) is 0. The Labute approximate surface area is 169 Å². The molecular weight excluding hydrogens is 391 g/mol. The van der Waals surface area contributed by atoms with Crippen molar-refractivity contribution in [3.63, 3.8) is 0 Å².